The molecule has 0 unspecified atom stereocenters. The van der Waals surface area contributed by atoms with E-state index in [1.165, 1.54) is 17.1 Å². The van der Waals surface area contributed by atoms with E-state index in [2.05, 4.69) is 50.4 Å². The second-order valence-corrected chi connectivity index (χ2v) is 9.00. The molecule has 0 spiro atoms. The maximum Gasteiger partial charge on any atom is 0.255 e. The molecule has 1 aliphatic heterocycles. The molecule has 2 heterocycles. The third-order valence-electron chi connectivity index (χ3n) is 6.60. The minimum absolute atomic E-state index is 0. The van der Waals surface area contributed by atoms with Crippen LogP contribution in [0.5, 0.6) is 0 Å². The van der Waals surface area contributed by atoms with Crippen molar-refractivity contribution in [2.75, 3.05) is 42.9 Å². The quantitative estimate of drug-likeness (QED) is 0.319. The summed E-state index contributed by atoms with van der Waals surface area (Å²) >= 11 is 0. The average molecular weight is 541 g/mol. The largest absolute Gasteiger partial charge is 0.368 e. The number of carbonyl (C=O) groups excluding carboxylic acids is 1. The molecule has 1 fully saturated rings. The third kappa shape index (κ3) is 6.77. The van der Waals surface area contributed by atoms with Crippen molar-refractivity contribution in [3.63, 3.8) is 0 Å². The SMILES string of the molecule is Cc1ccc2c(N3CCN(CCc4cc(NC(=O)c5ccccc5)ccc4F)CC3)cccc2n1.Cl.Cl. The first-order valence-corrected chi connectivity index (χ1v) is 12.1. The summed E-state index contributed by atoms with van der Waals surface area (Å²) < 4.78 is 14.5. The summed E-state index contributed by atoms with van der Waals surface area (Å²) in [7, 11) is 0. The number of hydrogen-bond donors (Lipinski definition) is 1. The molecule has 1 amide bonds. The van der Waals surface area contributed by atoms with Crippen molar-refractivity contribution in [3.05, 3.63) is 102 Å². The highest BCUT2D eigenvalue weighted by Crippen LogP contribution is 2.27. The Balaban J connectivity index is 0.00000190. The Bertz CT molecular complexity index is 1340. The van der Waals surface area contributed by atoms with Gasteiger partial charge in [0.1, 0.15) is 5.82 Å². The van der Waals surface area contributed by atoms with Gasteiger partial charge in [0.05, 0.1) is 5.52 Å². The van der Waals surface area contributed by atoms with Gasteiger partial charge in [0.2, 0.25) is 0 Å². The Morgan fingerprint density at radius 3 is 2.43 bits per heavy atom. The summed E-state index contributed by atoms with van der Waals surface area (Å²) in [6, 6.07) is 24.3. The first-order valence-electron chi connectivity index (χ1n) is 12.1. The number of halogens is 3. The Hall–Kier alpha value is -3.19. The van der Waals surface area contributed by atoms with Crippen LogP contribution >= 0.6 is 24.8 Å². The molecular weight excluding hydrogens is 510 g/mol. The number of nitrogens with zero attached hydrogens (tertiary/aromatic N) is 3. The molecular formula is C29H31Cl2FN4O. The predicted molar refractivity (Wildman–Crippen MR) is 154 cm³/mol. The molecule has 0 radical (unpaired) electrons. The predicted octanol–water partition coefficient (Wildman–Crippen LogP) is 6.14. The highest BCUT2D eigenvalue weighted by atomic mass is 35.5. The first kappa shape index (κ1) is 28.4. The number of fused-ring (bicyclic) bond motifs is 1. The number of hydrogen-bond acceptors (Lipinski definition) is 4. The number of aromatic nitrogens is 1. The smallest absolute Gasteiger partial charge is 0.255 e. The average Bonchev–Trinajstić information content (AvgIpc) is 2.89. The Labute approximate surface area is 229 Å². The number of aryl methyl sites for hydroxylation is 1. The normalized spacial score (nSPS) is 13.5. The van der Waals surface area contributed by atoms with E-state index in [0.717, 1.165) is 43.9 Å². The van der Waals surface area contributed by atoms with Gasteiger partial charge in [0.25, 0.3) is 5.91 Å². The highest BCUT2D eigenvalue weighted by Gasteiger charge is 2.19. The van der Waals surface area contributed by atoms with Gasteiger partial charge in [-0.05, 0) is 73.5 Å². The van der Waals surface area contributed by atoms with Gasteiger partial charge in [-0.15, -0.1) is 24.8 Å². The van der Waals surface area contributed by atoms with Crippen molar-refractivity contribution in [1.29, 1.82) is 0 Å². The fraction of sp³-hybridized carbons (Fsp3) is 0.241. The Kier molecular flexibility index (Phi) is 9.86. The van der Waals surface area contributed by atoms with Crippen molar-refractivity contribution < 1.29 is 9.18 Å². The van der Waals surface area contributed by atoms with E-state index in [1.807, 2.05) is 25.1 Å². The van der Waals surface area contributed by atoms with Crippen LogP contribution in [0.25, 0.3) is 10.9 Å². The van der Waals surface area contributed by atoms with Crippen LogP contribution in [-0.4, -0.2) is 48.5 Å². The maximum absolute atomic E-state index is 14.5. The Morgan fingerprint density at radius 1 is 0.919 bits per heavy atom. The van der Waals surface area contributed by atoms with E-state index in [0.29, 0.717) is 23.2 Å². The molecule has 1 aromatic heterocycles. The summed E-state index contributed by atoms with van der Waals surface area (Å²) in [5.74, 6) is -0.432. The molecule has 1 saturated heterocycles. The van der Waals surface area contributed by atoms with Gasteiger partial charge < -0.3 is 10.2 Å². The number of benzene rings is 3. The number of piperazine rings is 1. The number of rotatable bonds is 6. The summed E-state index contributed by atoms with van der Waals surface area (Å²) in [4.78, 5) is 21.9. The topological polar surface area (TPSA) is 48.5 Å². The minimum Gasteiger partial charge on any atom is -0.368 e. The van der Waals surface area contributed by atoms with E-state index >= 15 is 0 Å². The zero-order valence-corrected chi connectivity index (χ0v) is 22.3. The summed E-state index contributed by atoms with van der Waals surface area (Å²) in [6.07, 6.45) is 0.596. The molecule has 1 aliphatic rings. The van der Waals surface area contributed by atoms with Crippen molar-refractivity contribution in [2.45, 2.75) is 13.3 Å². The van der Waals surface area contributed by atoms with Gasteiger partial charge in [-0.1, -0.05) is 24.3 Å². The van der Waals surface area contributed by atoms with E-state index in [1.54, 1.807) is 24.3 Å². The number of carbonyl (C=O) groups is 1. The van der Waals surface area contributed by atoms with Crippen LogP contribution in [0, 0.1) is 12.7 Å². The molecule has 4 aromatic rings. The second-order valence-electron chi connectivity index (χ2n) is 9.00. The second kappa shape index (κ2) is 12.9. The van der Waals surface area contributed by atoms with Crippen molar-refractivity contribution in [1.82, 2.24) is 9.88 Å². The van der Waals surface area contributed by atoms with E-state index in [9.17, 15) is 9.18 Å². The number of pyridine rings is 1. The van der Waals surface area contributed by atoms with Crippen LogP contribution in [-0.2, 0) is 6.42 Å². The molecule has 5 nitrogen and oxygen atoms in total. The van der Waals surface area contributed by atoms with Crippen molar-refractivity contribution in [3.8, 4) is 0 Å². The maximum atomic E-state index is 14.5. The van der Waals surface area contributed by atoms with Gasteiger partial charge in [0.15, 0.2) is 0 Å². The van der Waals surface area contributed by atoms with Crippen LogP contribution in [0.3, 0.4) is 0 Å². The van der Waals surface area contributed by atoms with Crippen LogP contribution in [0.1, 0.15) is 21.6 Å². The minimum atomic E-state index is -0.236. The lowest BCUT2D eigenvalue weighted by Crippen LogP contribution is -2.47. The fourth-order valence-electron chi connectivity index (χ4n) is 4.64. The van der Waals surface area contributed by atoms with E-state index in [4.69, 9.17) is 0 Å². The van der Waals surface area contributed by atoms with Crippen LogP contribution in [0.2, 0.25) is 0 Å². The summed E-state index contributed by atoms with van der Waals surface area (Å²) in [6.45, 7) is 6.46. The van der Waals surface area contributed by atoms with Gasteiger partial charge in [0, 0.05) is 60.7 Å². The van der Waals surface area contributed by atoms with Gasteiger partial charge in [-0.25, -0.2) is 4.39 Å². The summed E-state index contributed by atoms with van der Waals surface area (Å²) in [5.41, 5.74) is 5.08. The molecule has 0 aliphatic carbocycles. The van der Waals surface area contributed by atoms with Crippen molar-refractivity contribution >= 4 is 53.0 Å². The van der Waals surface area contributed by atoms with Crippen LogP contribution < -0.4 is 10.2 Å². The zero-order valence-electron chi connectivity index (χ0n) is 20.7. The molecule has 0 atom stereocenters. The molecule has 194 valence electrons. The van der Waals surface area contributed by atoms with Crippen LogP contribution in [0.4, 0.5) is 15.8 Å². The third-order valence-corrected chi connectivity index (χ3v) is 6.60. The number of amides is 1. The lowest BCUT2D eigenvalue weighted by atomic mass is 10.1. The van der Waals surface area contributed by atoms with Crippen LogP contribution in [0.15, 0.2) is 78.9 Å². The molecule has 3 aromatic carbocycles. The molecule has 0 saturated carbocycles. The number of anilines is 2. The monoisotopic (exact) mass is 540 g/mol. The molecule has 8 heteroatoms. The van der Waals surface area contributed by atoms with Gasteiger partial charge in [-0.3, -0.25) is 14.7 Å². The molecule has 5 rings (SSSR count). The van der Waals surface area contributed by atoms with Crippen molar-refractivity contribution in [2.24, 2.45) is 0 Å². The summed E-state index contributed by atoms with van der Waals surface area (Å²) in [5, 5.41) is 4.06. The van der Waals surface area contributed by atoms with E-state index in [-0.39, 0.29) is 36.5 Å². The highest BCUT2D eigenvalue weighted by molar-refractivity contribution is 6.04. The first-order chi connectivity index (χ1) is 17.1. The lowest BCUT2D eigenvalue weighted by molar-refractivity contribution is 0.102. The van der Waals surface area contributed by atoms with E-state index < -0.39 is 0 Å². The Morgan fingerprint density at radius 2 is 1.68 bits per heavy atom. The van der Waals surface area contributed by atoms with Gasteiger partial charge >= 0.3 is 0 Å². The number of nitrogens with one attached hydrogen (secondary N) is 1. The molecule has 37 heavy (non-hydrogen) atoms. The fourth-order valence-corrected chi connectivity index (χ4v) is 4.64. The zero-order chi connectivity index (χ0) is 24.2. The lowest BCUT2D eigenvalue weighted by Gasteiger charge is -2.36. The molecule has 1 N–H and O–H groups in total. The standard InChI is InChI=1S/C29H29FN4O.2ClH/c1-21-10-12-25-27(31-21)8-5-9-28(25)34-18-16-33(17-19-34)15-14-23-20-24(11-13-26(23)30)32-29(35)22-6-3-2-4-7-22;;/h2-13,20H,14-19H2,1H3,(H,32,35);2*1H. The molecule has 0 bridgehead atoms. The van der Waals surface area contributed by atoms with Gasteiger partial charge in [-0.2, -0.15) is 0 Å².